The van der Waals surface area contributed by atoms with Gasteiger partial charge in [-0.2, -0.15) is 0 Å². The summed E-state index contributed by atoms with van der Waals surface area (Å²) in [6, 6.07) is 5.37. The maximum absolute atomic E-state index is 13.1. The number of amides is 2. The number of primary amides is 2. The van der Waals surface area contributed by atoms with Crippen LogP contribution in [0.3, 0.4) is 0 Å². The Balaban J connectivity index is 3.18. The van der Waals surface area contributed by atoms with Gasteiger partial charge in [0.05, 0.1) is 0 Å². The van der Waals surface area contributed by atoms with E-state index in [1.165, 1.54) is 18.2 Å². The molecule has 2 amide bonds. The van der Waals surface area contributed by atoms with Crippen LogP contribution in [0.25, 0.3) is 0 Å². The predicted molar refractivity (Wildman–Crippen MR) is 47.5 cm³/mol. The molecule has 14 heavy (non-hydrogen) atoms. The lowest BCUT2D eigenvalue weighted by Crippen LogP contribution is -2.33. The normalized spacial score (nSPS) is 10.1. The van der Waals surface area contributed by atoms with E-state index in [0.29, 0.717) is 0 Å². The Labute approximate surface area is 79.7 Å². The van der Waals surface area contributed by atoms with Gasteiger partial charge in [0.1, 0.15) is 11.7 Å². The van der Waals surface area contributed by atoms with Crippen LogP contribution < -0.4 is 11.5 Å². The number of rotatable bonds is 3. The monoisotopic (exact) mass is 196 g/mol. The number of carbonyl (C=O) groups excluding carboxylic acids is 2. The second-order valence-corrected chi connectivity index (χ2v) is 2.76. The summed E-state index contributed by atoms with van der Waals surface area (Å²) in [5.74, 6) is -3.99. The highest BCUT2D eigenvalue weighted by atomic mass is 19.1. The van der Waals surface area contributed by atoms with Crippen molar-refractivity contribution in [2.75, 3.05) is 0 Å². The fraction of sp³-hybridized carbons (Fsp3) is 0.111. The van der Waals surface area contributed by atoms with Crippen molar-refractivity contribution < 1.29 is 14.0 Å². The molecule has 0 heterocycles. The summed E-state index contributed by atoms with van der Waals surface area (Å²) in [5, 5.41) is 0. The Morgan fingerprint density at radius 1 is 1.14 bits per heavy atom. The Morgan fingerprint density at radius 3 is 2.07 bits per heavy atom. The fourth-order valence-corrected chi connectivity index (χ4v) is 1.16. The van der Waals surface area contributed by atoms with Gasteiger partial charge in [0.15, 0.2) is 0 Å². The number of hydrogen-bond donors (Lipinski definition) is 2. The first-order valence-electron chi connectivity index (χ1n) is 3.87. The number of nitrogens with two attached hydrogens (primary N) is 2. The highest BCUT2D eigenvalue weighted by molar-refractivity contribution is 6.04. The van der Waals surface area contributed by atoms with E-state index < -0.39 is 23.5 Å². The zero-order valence-electron chi connectivity index (χ0n) is 7.24. The minimum absolute atomic E-state index is 0.0903. The summed E-state index contributed by atoms with van der Waals surface area (Å²) < 4.78 is 13.1. The number of hydrogen-bond acceptors (Lipinski definition) is 2. The molecule has 0 bridgehead atoms. The van der Waals surface area contributed by atoms with Gasteiger partial charge in [-0.15, -0.1) is 0 Å². The van der Waals surface area contributed by atoms with Crippen molar-refractivity contribution in [1.82, 2.24) is 0 Å². The topological polar surface area (TPSA) is 86.2 Å². The number of halogens is 1. The average molecular weight is 196 g/mol. The molecule has 0 unspecified atom stereocenters. The third-order valence-corrected chi connectivity index (χ3v) is 1.79. The molecule has 0 aliphatic heterocycles. The SMILES string of the molecule is NC(=O)C(C(N)=O)c1ccccc1F. The van der Waals surface area contributed by atoms with Crippen LogP contribution in [-0.2, 0) is 9.59 Å². The molecule has 4 N–H and O–H groups in total. The van der Waals surface area contributed by atoms with Crippen molar-refractivity contribution in [1.29, 1.82) is 0 Å². The van der Waals surface area contributed by atoms with Crippen LogP contribution in [-0.4, -0.2) is 11.8 Å². The number of carbonyl (C=O) groups is 2. The van der Waals surface area contributed by atoms with Gasteiger partial charge in [0.2, 0.25) is 11.8 Å². The second-order valence-electron chi connectivity index (χ2n) is 2.76. The molecule has 0 aromatic heterocycles. The second kappa shape index (κ2) is 3.87. The van der Waals surface area contributed by atoms with Gasteiger partial charge >= 0.3 is 0 Å². The van der Waals surface area contributed by atoms with E-state index in [9.17, 15) is 14.0 Å². The van der Waals surface area contributed by atoms with Crippen molar-refractivity contribution in [3.8, 4) is 0 Å². The lowest BCUT2D eigenvalue weighted by molar-refractivity contribution is -0.128. The Kier molecular flexibility index (Phi) is 2.81. The first-order chi connectivity index (χ1) is 6.54. The molecular weight excluding hydrogens is 187 g/mol. The first-order valence-corrected chi connectivity index (χ1v) is 3.87. The zero-order chi connectivity index (χ0) is 10.7. The quantitative estimate of drug-likeness (QED) is 0.660. The van der Waals surface area contributed by atoms with Crippen LogP contribution in [0.1, 0.15) is 11.5 Å². The third-order valence-electron chi connectivity index (χ3n) is 1.79. The molecule has 1 aromatic rings. The van der Waals surface area contributed by atoms with Gasteiger partial charge in [-0.25, -0.2) is 4.39 Å². The molecule has 74 valence electrons. The van der Waals surface area contributed by atoms with Gasteiger partial charge in [0, 0.05) is 5.56 Å². The lowest BCUT2D eigenvalue weighted by atomic mass is 9.97. The maximum Gasteiger partial charge on any atom is 0.234 e. The standard InChI is InChI=1S/C9H9FN2O2/c10-6-4-2-1-3-5(6)7(8(11)13)9(12)14/h1-4,7H,(H2,11,13)(H2,12,14). The molecule has 0 fully saturated rings. The minimum Gasteiger partial charge on any atom is -0.369 e. The van der Waals surface area contributed by atoms with E-state index in [2.05, 4.69) is 0 Å². The van der Waals surface area contributed by atoms with Gasteiger partial charge < -0.3 is 11.5 Å². The van der Waals surface area contributed by atoms with Crippen LogP contribution in [0.4, 0.5) is 4.39 Å². The van der Waals surface area contributed by atoms with Crippen molar-refractivity contribution in [2.24, 2.45) is 11.5 Å². The summed E-state index contributed by atoms with van der Waals surface area (Å²) in [7, 11) is 0. The van der Waals surface area contributed by atoms with Crippen LogP contribution in [0, 0.1) is 5.82 Å². The molecule has 4 nitrogen and oxygen atoms in total. The smallest absolute Gasteiger partial charge is 0.234 e. The van der Waals surface area contributed by atoms with Crippen LogP contribution in [0.15, 0.2) is 24.3 Å². The van der Waals surface area contributed by atoms with Crippen molar-refractivity contribution >= 4 is 11.8 Å². The molecule has 5 heteroatoms. The molecule has 0 aliphatic carbocycles. The summed E-state index contributed by atoms with van der Waals surface area (Å²) in [6.45, 7) is 0. The molecule has 1 aromatic carbocycles. The van der Waals surface area contributed by atoms with E-state index in [0.717, 1.165) is 6.07 Å². The molecular formula is C9H9FN2O2. The van der Waals surface area contributed by atoms with E-state index in [-0.39, 0.29) is 5.56 Å². The van der Waals surface area contributed by atoms with Gasteiger partial charge in [0.25, 0.3) is 0 Å². The molecule has 0 spiro atoms. The summed E-state index contributed by atoms with van der Waals surface area (Å²) >= 11 is 0. The van der Waals surface area contributed by atoms with Crippen LogP contribution in [0.2, 0.25) is 0 Å². The molecule has 0 atom stereocenters. The van der Waals surface area contributed by atoms with Crippen molar-refractivity contribution in [2.45, 2.75) is 5.92 Å². The minimum atomic E-state index is -1.41. The van der Waals surface area contributed by atoms with E-state index in [4.69, 9.17) is 11.5 Å². The summed E-state index contributed by atoms with van der Waals surface area (Å²) in [6.07, 6.45) is 0. The molecule has 0 saturated heterocycles. The summed E-state index contributed by atoms with van der Waals surface area (Å²) in [5.41, 5.74) is 9.77. The summed E-state index contributed by atoms with van der Waals surface area (Å²) in [4.78, 5) is 21.7. The van der Waals surface area contributed by atoms with Gasteiger partial charge in [-0.05, 0) is 6.07 Å². The first kappa shape index (κ1) is 10.2. The largest absolute Gasteiger partial charge is 0.369 e. The average Bonchev–Trinajstić information content (AvgIpc) is 2.07. The third kappa shape index (κ3) is 1.87. The maximum atomic E-state index is 13.1. The Hall–Kier alpha value is -1.91. The Bertz CT molecular complexity index is 365. The van der Waals surface area contributed by atoms with E-state index >= 15 is 0 Å². The Morgan fingerprint density at radius 2 is 1.64 bits per heavy atom. The van der Waals surface area contributed by atoms with E-state index in [1.54, 1.807) is 0 Å². The van der Waals surface area contributed by atoms with Gasteiger partial charge in [-0.1, -0.05) is 18.2 Å². The molecule has 0 radical (unpaired) electrons. The molecule has 1 rings (SSSR count). The van der Waals surface area contributed by atoms with Gasteiger partial charge in [-0.3, -0.25) is 9.59 Å². The van der Waals surface area contributed by atoms with Crippen LogP contribution in [0.5, 0.6) is 0 Å². The number of benzene rings is 1. The zero-order valence-corrected chi connectivity index (χ0v) is 7.24. The van der Waals surface area contributed by atoms with Crippen molar-refractivity contribution in [3.63, 3.8) is 0 Å². The molecule has 0 saturated carbocycles. The van der Waals surface area contributed by atoms with Crippen LogP contribution >= 0.6 is 0 Å². The highest BCUT2D eigenvalue weighted by Crippen LogP contribution is 2.18. The predicted octanol–water partition coefficient (Wildman–Crippen LogP) is -0.120. The highest BCUT2D eigenvalue weighted by Gasteiger charge is 2.26. The van der Waals surface area contributed by atoms with E-state index in [1.807, 2.05) is 0 Å². The van der Waals surface area contributed by atoms with Crippen molar-refractivity contribution in [3.05, 3.63) is 35.6 Å². The molecule has 0 aliphatic rings. The fourth-order valence-electron chi connectivity index (χ4n) is 1.16. The lowest BCUT2D eigenvalue weighted by Gasteiger charge is -2.09.